The molecule has 15 unspecified atom stereocenters. The van der Waals surface area contributed by atoms with Gasteiger partial charge in [0, 0.05) is 23.9 Å². The molecule has 2 aliphatic heterocycles. The fourth-order valence-corrected chi connectivity index (χ4v) is 6.32. The van der Waals surface area contributed by atoms with Crippen molar-refractivity contribution in [1.82, 2.24) is 5.32 Å². The molecule has 1 saturated carbocycles. The molecular weight excluding hydrogens is 390 g/mol. The Morgan fingerprint density at radius 1 is 0.677 bits per heavy atom. The Labute approximate surface area is 191 Å². The van der Waals surface area contributed by atoms with Crippen LogP contribution in [0.1, 0.15) is 75.7 Å². The van der Waals surface area contributed by atoms with Gasteiger partial charge in [0.2, 0.25) is 0 Å². The zero-order valence-corrected chi connectivity index (χ0v) is 21.5. The van der Waals surface area contributed by atoms with E-state index in [9.17, 15) is 5.11 Å². The molecule has 3 rings (SSSR count). The number of nitrogens with one attached hydrogen (secondary N) is 1. The molecule has 0 aromatic heterocycles. The standard InChI is InChI=1S/C26H49NO4/c1-12-11-22(15(4)14(3)13(12)2)27-23-16(5)19(8)26(30-20(23)9)31-24-17(6)18(7)25(28)29-21(24)10/h12-28H,11H2,1-10H3. The lowest BCUT2D eigenvalue weighted by Gasteiger charge is -2.50. The molecule has 0 aromatic carbocycles. The topological polar surface area (TPSA) is 60.0 Å². The Morgan fingerprint density at radius 3 is 1.97 bits per heavy atom. The van der Waals surface area contributed by atoms with Crippen molar-refractivity contribution in [3.8, 4) is 0 Å². The Morgan fingerprint density at radius 2 is 1.32 bits per heavy atom. The molecule has 3 aliphatic rings. The molecule has 2 saturated heterocycles. The maximum Gasteiger partial charge on any atom is 0.161 e. The molecule has 31 heavy (non-hydrogen) atoms. The van der Waals surface area contributed by atoms with Gasteiger partial charge in [-0.15, -0.1) is 0 Å². The molecular formula is C26H49NO4. The first-order valence-electron chi connectivity index (χ1n) is 12.8. The van der Waals surface area contributed by atoms with Gasteiger partial charge in [-0.3, -0.25) is 0 Å². The first kappa shape index (κ1) is 25.4. The number of ether oxygens (including phenoxy) is 3. The van der Waals surface area contributed by atoms with Crippen molar-refractivity contribution in [3.05, 3.63) is 0 Å². The lowest BCUT2D eigenvalue weighted by Crippen LogP contribution is -2.61. The largest absolute Gasteiger partial charge is 0.368 e. The third kappa shape index (κ3) is 5.01. The van der Waals surface area contributed by atoms with Crippen molar-refractivity contribution in [1.29, 1.82) is 0 Å². The summed E-state index contributed by atoms with van der Waals surface area (Å²) in [6.45, 7) is 22.6. The van der Waals surface area contributed by atoms with Crippen molar-refractivity contribution < 1.29 is 19.3 Å². The van der Waals surface area contributed by atoms with Crippen LogP contribution in [0.4, 0.5) is 0 Å². The summed E-state index contributed by atoms with van der Waals surface area (Å²) >= 11 is 0. The monoisotopic (exact) mass is 439 g/mol. The summed E-state index contributed by atoms with van der Waals surface area (Å²) in [5, 5.41) is 14.2. The maximum absolute atomic E-state index is 10.1. The summed E-state index contributed by atoms with van der Waals surface area (Å²) in [6, 6.07) is 0.867. The highest BCUT2D eigenvalue weighted by Gasteiger charge is 2.47. The number of aliphatic hydroxyl groups is 1. The van der Waals surface area contributed by atoms with Crippen molar-refractivity contribution >= 4 is 0 Å². The van der Waals surface area contributed by atoms with E-state index in [4.69, 9.17) is 14.2 Å². The number of hydrogen-bond acceptors (Lipinski definition) is 5. The molecule has 0 bridgehead atoms. The Hall–Kier alpha value is -0.200. The molecule has 5 nitrogen and oxygen atoms in total. The van der Waals surface area contributed by atoms with Gasteiger partial charge >= 0.3 is 0 Å². The first-order valence-corrected chi connectivity index (χ1v) is 12.8. The third-order valence-electron chi connectivity index (χ3n) is 9.81. The van der Waals surface area contributed by atoms with Gasteiger partial charge in [-0.1, -0.05) is 55.4 Å². The summed E-state index contributed by atoms with van der Waals surface area (Å²) in [4.78, 5) is 0. The molecule has 3 fully saturated rings. The minimum atomic E-state index is -0.717. The van der Waals surface area contributed by atoms with Crippen LogP contribution in [0.5, 0.6) is 0 Å². The van der Waals surface area contributed by atoms with E-state index in [1.807, 2.05) is 13.8 Å². The molecule has 0 radical (unpaired) electrons. The molecule has 182 valence electrons. The highest BCUT2D eigenvalue weighted by molar-refractivity contribution is 4.96. The van der Waals surface area contributed by atoms with Gasteiger partial charge in [0.05, 0.1) is 18.3 Å². The van der Waals surface area contributed by atoms with Crippen molar-refractivity contribution in [2.45, 2.75) is 119 Å². The molecule has 2 heterocycles. The van der Waals surface area contributed by atoms with E-state index in [2.05, 4.69) is 60.7 Å². The summed E-state index contributed by atoms with van der Waals surface area (Å²) in [5.74, 6) is 3.92. The highest BCUT2D eigenvalue weighted by Crippen LogP contribution is 2.41. The molecule has 2 N–H and O–H groups in total. The molecule has 15 atom stereocenters. The number of aliphatic hydroxyl groups excluding tert-OH is 1. The van der Waals surface area contributed by atoms with E-state index in [-0.39, 0.29) is 42.4 Å². The van der Waals surface area contributed by atoms with E-state index >= 15 is 0 Å². The lowest BCUT2D eigenvalue weighted by molar-refractivity contribution is -0.310. The fraction of sp³-hybridized carbons (Fsp3) is 1.00. The van der Waals surface area contributed by atoms with Gasteiger partial charge < -0.3 is 24.6 Å². The lowest BCUT2D eigenvalue weighted by atomic mass is 9.66. The van der Waals surface area contributed by atoms with Crippen LogP contribution in [0, 0.1) is 47.3 Å². The van der Waals surface area contributed by atoms with Crippen LogP contribution in [0.25, 0.3) is 0 Å². The molecule has 0 amide bonds. The first-order chi connectivity index (χ1) is 14.4. The van der Waals surface area contributed by atoms with Crippen molar-refractivity contribution in [3.63, 3.8) is 0 Å². The summed E-state index contributed by atoms with van der Waals surface area (Å²) in [6.07, 6.45) is 0.150. The smallest absolute Gasteiger partial charge is 0.161 e. The van der Waals surface area contributed by atoms with Gasteiger partial charge in [0.15, 0.2) is 12.6 Å². The summed E-state index contributed by atoms with van der Waals surface area (Å²) in [7, 11) is 0. The summed E-state index contributed by atoms with van der Waals surface area (Å²) in [5.41, 5.74) is 0. The average Bonchev–Trinajstić information content (AvgIpc) is 2.72. The molecule has 5 heteroatoms. The minimum absolute atomic E-state index is 0.0449. The predicted octanol–water partition coefficient (Wildman–Crippen LogP) is 4.67. The van der Waals surface area contributed by atoms with Crippen LogP contribution >= 0.6 is 0 Å². The zero-order valence-electron chi connectivity index (χ0n) is 21.5. The quantitative estimate of drug-likeness (QED) is 0.666. The molecule has 0 spiro atoms. The third-order valence-corrected chi connectivity index (χ3v) is 9.81. The van der Waals surface area contributed by atoms with Gasteiger partial charge in [0.25, 0.3) is 0 Å². The van der Waals surface area contributed by atoms with Gasteiger partial charge in [-0.05, 0) is 55.8 Å². The van der Waals surface area contributed by atoms with E-state index < -0.39 is 6.29 Å². The van der Waals surface area contributed by atoms with Crippen molar-refractivity contribution in [2.75, 3.05) is 0 Å². The van der Waals surface area contributed by atoms with Gasteiger partial charge in [-0.2, -0.15) is 0 Å². The van der Waals surface area contributed by atoms with E-state index in [1.165, 1.54) is 6.42 Å². The SMILES string of the molecule is CC1CC(NC2C(C)OC(OC3C(C)OC(O)C(C)C3C)C(C)C2C)C(C)C(C)C1C. The Balaban J connectivity index is 1.65. The highest BCUT2D eigenvalue weighted by atomic mass is 16.7. The predicted molar refractivity (Wildman–Crippen MR) is 124 cm³/mol. The van der Waals surface area contributed by atoms with Crippen molar-refractivity contribution in [2.24, 2.45) is 47.3 Å². The molecule has 0 aromatic rings. The van der Waals surface area contributed by atoms with E-state index in [0.29, 0.717) is 23.9 Å². The van der Waals surface area contributed by atoms with Gasteiger partial charge in [-0.25, -0.2) is 0 Å². The minimum Gasteiger partial charge on any atom is -0.368 e. The van der Waals surface area contributed by atoms with Crippen LogP contribution in [0.2, 0.25) is 0 Å². The van der Waals surface area contributed by atoms with Crippen LogP contribution < -0.4 is 5.32 Å². The van der Waals surface area contributed by atoms with Gasteiger partial charge in [0.1, 0.15) is 0 Å². The summed E-state index contributed by atoms with van der Waals surface area (Å²) < 4.78 is 18.8. The average molecular weight is 440 g/mol. The van der Waals surface area contributed by atoms with E-state index in [0.717, 1.165) is 17.8 Å². The van der Waals surface area contributed by atoms with Crippen LogP contribution in [-0.2, 0) is 14.2 Å². The van der Waals surface area contributed by atoms with E-state index in [1.54, 1.807) is 0 Å². The number of hydrogen-bond donors (Lipinski definition) is 2. The van der Waals surface area contributed by atoms with Crippen LogP contribution in [0.3, 0.4) is 0 Å². The molecule has 1 aliphatic carbocycles. The fourth-order valence-electron chi connectivity index (χ4n) is 6.32. The second-order valence-corrected chi connectivity index (χ2v) is 11.6. The second kappa shape index (κ2) is 9.97. The maximum atomic E-state index is 10.1. The zero-order chi connectivity index (χ0) is 23.2. The second-order valence-electron chi connectivity index (χ2n) is 11.6. The van der Waals surface area contributed by atoms with Crippen LogP contribution in [0.15, 0.2) is 0 Å². The Bertz CT molecular complexity index is 588. The number of rotatable bonds is 4. The van der Waals surface area contributed by atoms with Crippen LogP contribution in [-0.4, -0.2) is 48.1 Å². The normalized spacial score (nSPS) is 56.4. The Kier molecular flexibility index (Phi) is 8.17.